The van der Waals surface area contributed by atoms with Gasteiger partial charge in [0.05, 0.1) is 23.5 Å². The van der Waals surface area contributed by atoms with Crippen molar-refractivity contribution in [2.45, 2.75) is 12.8 Å². The van der Waals surface area contributed by atoms with Gasteiger partial charge in [0.25, 0.3) is 12.1 Å². The number of nitriles is 1. The summed E-state index contributed by atoms with van der Waals surface area (Å²) in [6.07, 6.45) is -3.53. The smallest absolute Gasteiger partial charge is 0.295 e. The van der Waals surface area contributed by atoms with Crippen LogP contribution in [0.3, 0.4) is 0 Å². The minimum atomic E-state index is -3.06. The summed E-state index contributed by atoms with van der Waals surface area (Å²) >= 11 is 0. The third kappa shape index (κ3) is 2.20. The maximum absolute atomic E-state index is 12.3. The molecule has 0 saturated heterocycles. The Morgan fingerprint density at radius 1 is 1.69 bits per heavy atom. The van der Waals surface area contributed by atoms with Crippen LogP contribution in [0.1, 0.15) is 17.8 Å². The van der Waals surface area contributed by atoms with Gasteiger partial charge in [-0.3, -0.25) is 10.1 Å². The Morgan fingerprint density at radius 2 is 2.31 bits per heavy atom. The molecule has 1 N–H and O–H groups in total. The second kappa shape index (κ2) is 4.48. The predicted octanol–water partition coefficient (Wildman–Crippen LogP) is 1.70. The number of aromatic nitrogens is 1. The van der Waals surface area contributed by atoms with Crippen molar-refractivity contribution in [3.63, 3.8) is 0 Å². The summed E-state index contributed by atoms with van der Waals surface area (Å²) in [6.45, 7) is 0. The third-order valence-electron chi connectivity index (χ3n) is 1.74. The highest BCUT2D eigenvalue weighted by Gasteiger charge is 2.23. The van der Waals surface area contributed by atoms with Gasteiger partial charge in [-0.1, -0.05) is 0 Å². The minimum absolute atomic E-state index is 0.388. The van der Waals surface area contributed by atoms with Crippen molar-refractivity contribution < 1.29 is 18.8 Å². The summed E-state index contributed by atoms with van der Waals surface area (Å²) in [5.74, 6) is -0.955. The molecule has 1 rings (SSSR count). The molecule has 0 saturated carbocycles. The number of nitrogens with zero attached hydrogens (tertiary/aromatic N) is 3. The van der Waals surface area contributed by atoms with E-state index in [0.29, 0.717) is 6.07 Å². The lowest BCUT2D eigenvalue weighted by atomic mass is 10.2. The molecule has 0 fully saturated rings. The second-order valence-electron chi connectivity index (χ2n) is 2.75. The fourth-order valence-corrected chi connectivity index (χ4v) is 1.07. The lowest BCUT2D eigenvalue weighted by Crippen LogP contribution is -2.02. The van der Waals surface area contributed by atoms with Crippen molar-refractivity contribution in [2.24, 2.45) is 0 Å². The van der Waals surface area contributed by atoms with Gasteiger partial charge in [0, 0.05) is 0 Å². The summed E-state index contributed by atoms with van der Waals surface area (Å²) in [5, 5.41) is 27.9. The first-order valence-corrected chi connectivity index (χ1v) is 3.99. The average Bonchev–Trinajstić information content (AvgIpc) is 2.19. The highest BCUT2D eigenvalue weighted by molar-refractivity contribution is 5.45. The van der Waals surface area contributed by atoms with Crippen molar-refractivity contribution >= 4 is 5.69 Å². The lowest BCUT2D eigenvalue weighted by molar-refractivity contribution is -0.385. The molecule has 8 heteroatoms. The van der Waals surface area contributed by atoms with Crippen molar-refractivity contribution in [1.82, 2.24) is 4.98 Å². The Labute approximate surface area is 87.9 Å². The van der Waals surface area contributed by atoms with Crippen LogP contribution in [0.15, 0.2) is 6.07 Å². The largest absolute Gasteiger partial charge is 0.506 e. The van der Waals surface area contributed by atoms with Crippen LogP contribution in [0, 0.1) is 21.4 Å². The van der Waals surface area contributed by atoms with E-state index in [0.717, 1.165) is 0 Å². The molecule has 6 nitrogen and oxygen atoms in total. The van der Waals surface area contributed by atoms with E-state index in [1.165, 1.54) is 0 Å². The standard InChI is InChI=1S/C8H5F2N3O3/c9-8(10)7-6(14)3-5(13(15)16)4(12-7)1-2-11/h3,8,14H,1H2. The summed E-state index contributed by atoms with van der Waals surface area (Å²) in [7, 11) is 0. The highest BCUT2D eigenvalue weighted by Crippen LogP contribution is 2.31. The third-order valence-corrected chi connectivity index (χ3v) is 1.74. The van der Waals surface area contributed by atoms with Crippen molar-refractivity contribution in [2.75, 3.05) is 0 Å². The van der Waals surface area contributed by atoms with Crippen molar-refractivity contribution in [3.8, 4) is 11.8 Å². The molecule has 0 bridgehead atoms. The van der Waals surface area contributed by atoms with E-state index >= 15 is 0 Å². The van der Waals surface area contributed by atoms with Crippen LogP contribution >= 0.6 is 0 Å². The molecule has 0 unspecified atom stereocenters. The molecule has 0 spiro atoms. The molecule has 1 aromatic heterocycles. The van der Waals surface area contributed by atoms with E-state index in [2.05, 4.69) is 4.98 Å². The first-order valence-electron chi connectivity index (χ1n) is 3.99. The topological polar surface area (TPSA) is 100 Å². The van der Waals surface area contributed by atoms with E-state index in [-0.39, 0.29) is 5.69 Å². The summed E-state index contributed by atoms with van der Waals surface area (Å²) in [6, 6.07) is 2.14. The van der Waals surface area contributed by atoms with E-state index in [4.69, 9.17) is 10.4 Å². The zero-order valence-corrected chi connectivity index (χ0v) is 7.72. The molecule has 0 amide bonds. The fraction of sp³-hybridized carbons (Fsp3) is 0.250. The maximum Gasteiger partial charge on any atom is 0.295 e. The number of hydrogen-bond donors (Lipinski definition) is 1. The number of aromatic hydroxyl groups is 1. The SMILES string of the molecule is N#CCc1nc(C(F)F)c(O)cc1[N+](=O)[O-]. The number of alkyl halides is 2. The van der Waals surface area contributed by atoms with Gasteiger partial charge in [0.1, 0.15) is 17.1 Å². The van der Waals surface area contributed by atoms with Crippen LogP contribution in [0.2, 0.25) is 0 Å². The summed E-state index contributed by atoms with van der Waals surface area (Å²) in [4.78, 5) is 12.8. The van der Waals surface area contributed by atoms with Crippen LogP contribution in [0.5, 0.6) is 5.75 Å². The Balaban J connectivity index is 3.38. The van der Waals surface area contributed by atoms with Crippen LogP contribution in [-0.4, -0.2) is 15.0 Å². The summed E-state index contributed by atoms with van der Waals surface area (Å²) in [5.41, 5.74) is -2.00. The Bertz CT molecular complexity index is 470. The summed E-state index contributed by atoms with van der Waals surface area (Å²) < 4.78 is 24.6. The van der Waals surface area contributed by atoms with Gasteiger partial charge in [0.2, 0.25) is 0 Å². The van der Waals surface area contributed by atoms with Gasteiger partial charge in [-0.05, 0) is 0 Å². The number of nitro groups is 1. The Kier molecular flexibility index (Phi) is 3.30. The van der Waals surface area contributed by atoms with Crippen LogP contribution in [0.25, 0.3) is 0 Å². The molecule has 0 aliphatic rings. The number of hydrogen-bond acceptors (Lipinski definition) is 5. The van der Waals surface area contributed by atoms with Crippen LogP contribution < -0.4 is 0 Å². The maximum atomic E-state index is 12.3. The molecule has 16 heavy (non-hydrogen) atoms. The Hall–Kier alpha value is -2.30. The number of halogens is 2. The molecular formula is C8H5F2N3O3. The molecule has 0 radical (unpaired) electrons. The molecule has 84 valence electrons. The van der Waals surface area contributed by atoms with Crippen LogP contribution in [-0.2, 0) is 6.42 Å². The molecule has 0 atom stereocenters. The molecule has 1 aromatic rings. The van der Waals surface area contributed by atoms with E-state index in [9.17, 15) is 18.9 Å². The molecule has 0 aliphatic heterocycles. The van der Waals surface area contributed by atoms with Gasteiger partial charge >= 0.3 is 0 Å². The van der Waals surface area contributed by atoms with Gasteiger partial charge < -0.3 is 5.11 Å². The molecular weight excluding hydrogens is 224 g/mol. The highest BCUT2D eigenvalue weighted by atomic mass is 19.3. The average molecular weight is 229 g/mol. The zero-order chi connectivity index (χ0) is 12.3. The van der Waals surface area contributed by atoms with Gasteiger partial charge in [-0.15, -0.1) is 0 Å². The van der Waals surface area contributed by atoms with E-state index in [1.807, 2.05) is 0 Å². The quantitative estimate of drug-likeness (QED) is 0.627. The lowest BCUT2D eigenvalue weighted by Gasteiger charge is -2.04. The van der Waals surface area contributed by atoms with Crippen molar-refractivity contribution in [3.05, 3.63) is 27.6 Å². The monoisotopic (exact) mass is 229 g/mol. The van der Waals surface area contributed by atoms with Gasteiger partial charge in [-0.2, -0.15) is 5.26 Å². The normalized spacial score (nSPS) is 10.1. The molecule has 1 heterocycles. The minimum Gasteiger partial charge on any atom is -0.506 e. The number of rotatable bonds is 3. The second-order valence-corrected chi connectivity index (χ2v) is 2.75. The number of pyridine rings is 1. The van der Waals surface area contributed by atoms with E-state index < -0.39 is 34.9 Å². The van der Waals surface area contributed by atoms with Gasteiger partial charge in [-0.25, -0.2) is 13.8 Å². The molecule has 0 aromatic carbocycles. The van der Waals surface area contributed by atoms with E-state index in [1.54, 1.807) is 6.07 Å². The Morgan fingerprint density at radius 3 is 2.75 bits per heavy atom. The van der Waals surface area contributed by atoms with Gasteiger partial charge in [0.15, 0.2) is 0 Å². The fourth-order valence-electron chi connectivity index (χ4n) is 1.07. The van der Waals surface area contributed by atoms with Crippen molar-refractivity contribution in [1.29, 1.82) is 5.26 Å². The first kappa shape index (κ1) is 11.8. The predicted molar refractivity (Wildman–Crippen MR) is 46.8 cm³/mol. The zero-order valence-electron chi connectivity index (χ0n) is 7.72. The first-order chi connectivity index (χ1) is 7.47. The molecule has 0 aliphatic carbocycles. The van der Waals surface area contributed by atoms with Crippen LogP contribution in [0.4, 0.5) is 14.5 Å².